The van der Waals surface area contributed by atoms with Crippen molar-refractivity contribution in [3.05, 3.63) is 33.6 Å². The highest BCUT2D eigenvalue weighted by Crippen LogP contribution is 2.25. The van der Waals surface area contributed by atoms with Gasteiger partial charge in [-0.15, -0.1) is 11.3 Å². The maximum atomic E-state index is 12.7. The number of hydrogen-bond donors (Lipinski definition) is 1. The average Bonchev–Trinajstić information content (AvgIpc) is 2.77. The molecule has 5 heteroatoms. The number of thiazole rings is 1. The number of pyridine rings is 1. The van der Waals surface area contributed by atoms with Gasteiger partial charge in [-0.05, 0) is 18.6 Å². The summed E-state index contributed by atoms with van der Waals surface area (Å²) in [6.45, 7) is 9.16. The molecule has 0 spiro atoms. The SMILES string of the molecule is CCCn1c(C(C)(C)C)ccc(-c2csc(N)n2)c1=O. The fourth-order valence-electron chi connectivity index (χ4n) is 2.29. The summed E-state index contributed by atoms with van der Waals surface area (Å²) in [5.74, 6) is 0. The zero-order chi connectivity index (χ0) is 14.9. The van der Waals surface area contributed by atoms with E-state index in [4.69, 9.17) is 5.73 Å². The van der Waals surface area contributed by atoms with Gasteiger partial charge in [0.05, 0.1) is 11.3 Å². The third kappa shape index (κ3) is 2.77. The molecular weight excluding hydrogens is 270 g/mol. The van der Waals surface area contributed by atoms with Crippen LogP contribution < -0.4 is 11.3 Å². The standard InChI is InChI=1S/C15H21N3OS/c1-5-8-18-12(15(2,3)4)7-6-10(13(18)19)11-9-20-14(16)17-11/h6-7,9H,5,8H2,1-4H3,(H2,16,17). The molecule has 0 saturated carbocycles. The molecule has 0 saturated heterocycles. The molecule has 2 aromatic rings. The van der Waals surface area contributed by atoms with Gasteiger partial charge in [-0.2, -0.15) is 0 Å². The van der Waals surface area contributed by atoms with Crippen LogP contribution in [0.5, 0.6) is 0 Å². The summed E-state index contributed by atoms with van der Waals surface area (Å²) in [5, 5.41) is 2.32. The van der Waals surface area contributed by atoms with E-state index >= 15 is 0 Å². The van der Waals surface area contributed by atoms with Crippen molar-refractivity contribution in [3.8, 4) is 11.3 Å². The van der Waals surface area contributed by atoms with E-state index in [1.54, 1.807) is 0 Å². The Labute approximate surface area is 123 Å². The summed E-state index contributed by atoms with van der Waals surface area (Å²) in [5.41, 5.74) is 7.96. The van der Waals surface area contributed by atoms with Crippen molar-refractivity contribution in [1.29, 1.82) is 0 Å². The van der Waals surface area contributed by atoms with Crippen molar-refractivity contribution < 1.29 is 0 Å². The van der Waals surface area contributed by atoms with Gasteiger partial charge in [0, 0.05) is 23.0 Å². The highest BCUT2D eigenvalue weighted by molar-refractivity contribution is 7.13. The molecule has 108 valence electrons. The first-order valence-corrected chi connectivity index (χ1v) is 7.68. The van der Waals surface area contributed by atoms with Crippen molar-refractivity contribution in [2.24, 2.45) is 0 Å². The number of nitrogens with zero attached hydrogens (tertiary/aromatic N) is 2. The third-order valence-corrected chi connectivity index (χ3v) is 3.86. The normalized spacial score (nSPS) is 11.8. The Balaban J connectivity index is 2.64. The lowest BCUT2D eigenvalue weighted by molar-refractivity contribution is 0.498. The van der Waals surface area contributed by atoms with Crippen LogP contribution in [0.4, 0.5) is 5.13 Å². The minimum atomic E-state index is -0.0615. The quantitative estimate of drug-likeness (QED) is 0.944. The summed E-state index contributed by atoms with van der Waals surface area (Å²) < 4.78 is 1.87. The molecule has 0 radical (unpaired) electrons. The van der Waals surface area contributed by atoms with E-state index in [1.165, 1.54) is 11.3 Å². The molecule has 0 aromatic carbocycles. The topological polar surface area (TPSA) is 60.9 Å². The first-order valence-electron chi connectivity index (χ1n) is 6.80. The summed E-state index contributed by atoms with van der Waals surface area (Å²) in [6, 6.07) is 3.89. The van der Waals surface area contributed by atoms with E-state index in [0.29, 0.717) is 16.4 Å². The number of anilines is 1. The number of nitrogen functional groups attached to an aromatic ring is 1. The van der Waals surface area contributed by atoms with Crippen LogP contribution in [-0.4, -0.2) is 9.55 Å². The molecule has 0 aliphatic rings. The summed E-state index contributed by atoms with van der Waals surface area (Å²) >= 11 is 1.36. The van der Waals surface area contributed by atoms with Crippen LogP contribution in [0.2, 0.25) is 0 Å². The van der Waals surface area contributed by atoms with Crippen molar-refractivity contribution in [2.75, 3.05) is 5.73 Å². The van der Waals surface area contributed by atoms with Gasteiger partial charge in [0.15, 0.2) is 5.13 Å². The van der Waals surface area contributed by atoms with Gasteiger partial charge in [-0.1, -0.05) is 27.7 Å². The highest BCUT2D eigenvalue weighted by atomic mass is 32.1. The van der Waals surface area contributed by atoms with E-state index in [-0.39, 0.29) is 11.0 Å². The van der Waals surface area contributed by atoms with Crippen LogP contribution in [0, 0.1) is 0 Å². The van der Waals surface area contributed by atoms with Crippen LogP contribution in [0.15, 0.2) is 22.3 Å². The second kappa shape index (κ2) is 5.40. The van der Waals surface area contributed by atoms with Crippen molar-refractivity contribution in [2.45, 2.75) is 46.1 Å². The molecule has 0 fully saturated rings. The Bertz CT molecular complexity index is 664. The molecule has 2 rings (SSSR count). The third-order valence-electron chi connectivity index (χ3n) is 3.19. The highest BCUT2D eigenvalue weighted by Gasteiger charge is 2.20. The zero-order valence-corrected chi connectivity index (χ0v) is 13.3. The van der Waals surface area contributed by atoms with Crippen LogP contribution in [0.25, 0.3) is 11.3 Å². The van der Waals surface area contributed by atoms with Gasteiger partial charge < -0.3 is 10.3 Å². The van der Waals surface area contributed by atoms with E-state index < -0.39 is 0 Å². The zero-order valence-electron chi connectivity index (χ0n) is 12.4. The van der Waals surface area contributed by atoms with Crippen molar-refractivity contribution >= 4 is 16.5 Å². The fraction of sp³-hybridized carbons (Fsp3) is 0.467. The van der Waals surface area contributed by atoms with Gasteiger partial charge in [0.2, 0.25) is 0 Å². The second-order valence-electron chi connectivity index (χ2n) is 5.91. The Hall–Kier alpha value is -1.62. The molecule has 0 aliphatic carbocycles. The largest absolute Gasteiger partial charge is 0.375 e. The monoisotopic (exact) mass is 291 g/mol. The molecule has 0 amide bonds. The molecule has 0 unspecified atom stereocenters. The van der Waals surface area contributed by atoms with Gasteiger partial charge >= 0.3 is 0 Å². The molecule has 20 heavy (non-hydrogen) atoms. The predicted octanol–water partition coefficient (Wildman–Crippen LogP) is 3.26. The van der Waals surface area contributed by atoms with Crippen molar-refractivity contribution in [3.63, 3.8) is 0 Å². The molecule has 0 atom stereocenters. The fourth-order valence-corrected chi connectivity index (χ4v) is 2.85. The first kappa shape index (κ1) is 14.8. The molecule has 2 heterocycles. The number of hydrogen-bond acceptors (Lipinski definition) is 4. The maximum absolute atomic E-state index is 12.7. The van der Waals surface area contributed by atoms with Crippen LogP contribution >= 0.6 is 11.3 Å². The molecule has 4 nitrogen and oxygen atoms in total. The maximum Gasteiger partial charge on any atom is 0.260 e. The minimum absolute atomic E-state index is 0.0181. The Kier molecular flexibility index (Phi) is 3.99. The van der Waals surface area contributed by atoms with Crippen LogP contribution in [-0.2, 0) is 12.0 Å². The predicted molar refractivity (Wildman–Crippen MR) is 85.2 cm³/mol. The summed E-state index contributed by atoms with van der Waals surface area (Å²) in [6.07, 6.45) is 0.922. The van der Waals surface area contributed by atoms with Gasteiger partial charge in [0.25, 0.3) is 5.56 Å². The molecule has 0 bridgehead atoms. The van der Waals surface area contributed by atoms with E-state index in [2.05, 4.69) is 32.7 Å². The Morgan fingerprint density at radius 1 is 1.35 bits per heavy atom. The summed E-state index contributed by atoms with van der Waals surface area (Å²) in [4.78, 5) is 16.9. The van der Waals surface area contributed by atoms with Gasteiger partial charge in [-0.3, -0.25) is 4.79 Å². The Morgan fingerprint density at radius 3 is 2.55 bits per heavy atom. The van der Waals surface area contributed by atoms with Gasteiger partial charge in [0.1, 0.15) is 0 Å². The lowest BCUT2D eigenvalue weighted by Crippen LogP contribution is -2.30. The molecule has 0 aliphatic heterocycles. The number of aromatic nitrogens is 2. The number of nitrogens with two attached hydrogens (primary N) is 1. The van der Waals surface area contributed by atoms with Crippen LogP contribution in [0.1, 0.15) is 39.8 Å². The molecular formula is C15H21N3OS. The van der Waals surface area contributed by atoms with Crippen molar-refractivity contribution in [1.82, 2.24) is 9.55 Å². The lowest BCUT2D eigenvalue weighted by Gasteiger charge is -2.24. The second-order valence-corrected chi connectivity index (χ2v) is 6.80. The lowest BCUT2D eigenvalue weighted by atomic mass is 9.90. The number of rotatable bonds is 3. The van der Waals surface area contributed by atoms with E-state index in [1.807, 2.05) is 22.1 Å². The average molecular weight is 291 g/mol. The molecule has 2 aromatic heterocycles. The smallest absolute Gasteiger partial charge is 0.260 e. The summed E-state index contributed by atoms with van der Waals surface area (Å²) in [7, 11) is 0. The van der Waals surface area contributed by atoms with Gasteiger partial charge in [-0.25, -0.2) is 4.98 Å². The Morgan fingerprint density at radius 2 is 2.05 bits per heavy atom. The minimum Gasteiger partial charge on any atom is -0.375 e. The van der Waals surface area contributed by atoms with E-state index in [9.17, 15) is 4.79 Å². The van der Waals surface area contributed by atoms with E-state index in [0.717, 1.165) is 18.7 Å². The molecule has 2 N–H and O–H groups in total. The first-order chi connectivity index (χ1) is 9.34. The van der Waals surface area contributed by atoms with Crippen LogP contribution in [0.3, 0.4) is 0 Å².